The summed E-state index contributed by atoms with van der Waals surface area (Å²) in [7, 11) is 1.60. The molecule has 1 fully saturated rings. The lowest BCUT2D eigenvalue weighted by Gasteiger charge is -2.48. The largest absolute Gasteiger partial charge is 0.617 e. The van der Waals surface area contributed by atoms with Crippen molar-refractivity contribution in [1.82, 2.24) is 4.90 Å². The Morgan fingerprint density at radius 2 is 2.21 bits per heavy atom. The molecule has 0 atom stereocenters. The molecule has 9 nitrogen and oxygen atoms in total. The van der Waals surface area contributed by atoms with E-state index in [4.69, 9.17) is 30.5 Å². The highest BCUT2D eigenvalue weighted by molar-refractivity contribution is 6.30. The zero-order valence-electron chi connectivity index (χ0n) is 15.9. The van der Waals surface area contributed by atoms with Crippen LogP contribution in [-0.2, 0) is 14.3 Å². The standard InChI is InChI=1S/C19H21ClN2O7/c1-26-5-2-6-28-15-7-14-16(22(25)17(15)20)13-4-3-12(18(23)24)8-21(13)19(11-29-14)9-27-10-19/h4,7-8H,2-3,5-6,9-11H2,1H3,(H,23,24). The van der Waals surface area contributed by atoms with Gasteiger partial charge < -0.3 is 34.2 Å². The topological polar surface area (TPSA) is 104 Å². The molecule has 1 aromatic rings. The highest BCUT2D eigenvalue weighted by atomic mass is 35.5. The molecule has 1 N–H and O–H groups in total. The summed E-state index contributed by atoms with van der Waals surface area (Å²) in [5, 5.41) is 22.3. The summed E-state index contributed by atoms with van der Waals surface area (Å²) < 4.78 is 22.6. The van der Waals surface area contributed by atoms with Crippen LogP contribution in [0.4, 0.5) is 0 Å². The highest BCUT2D eigenvalue weighted by Gasteiger charge is 2.51. The van der Waals surface area contributed by atoms with Crippen molar-refractivity contribution in [2.75, 3.05) is 40.1 Å². The van der Waals surface area contributed by atoms with Crippen LogP contribution < -0.4 is 14.2 Å². The normalized spacial score (nSPS) is 19.2. The van der Waals surface area contributed by atoms with Gasteiger partial charge in [-0.1, -0.05) is 0 Å². The molecule has 0 saturated carbocycles. The Hall–Kier alpha value is -2.49. The van der Waals surface area contributed by atoms with Gasteiger partial charge in [0.05, 0.1) is 25.4 Å². The van der Waals surface area contributed by atoms with Gasteiger partial charge in [-0.3, -0.25) is 0 Å². The highest BCUT2D eigenvalue weighted by Crippen LogP contribution is 2.43. The minimum absolute atomic E-state index is 0.112. The van der Waals surface area contributed by atoms with Crippen LogP contribution in [0.25, 0.3) is 5.70 Å². The van der Waals surface area contributed by atoms with Crippen molar-refractivity contribution in [3.63, 3.8) is 0 Å². The Bertz CT molecular complexity index is 895. The third-order valence-corrected chi connectivity index (χ3v) is 5.50. The van der Waals surface area contributed by atoms with Crippen LogP contribution in [0.1, 0.15) is 18.5 Å². The van der Waals surface area contributed by atoms with Gasteiger partial charge in [0.25, 0.3) is 5.69 Å². The van der Waals surface area contributed by atoms with E-state index in [0.717, 1.165) is 0 Å². The molecule has 4 rings (SSSR count). The maximum atomic E-state index is 13.0. The zero-order valence-corrected chi connectivity index (χ0v) is 16.6. The number of carboxylic acids is 1. The molecule has 0 aromatic carbocycles. The van der Waals surface area contributed by atoms with Crippen LogP contribution in [-0.4, -0.2) is 61.7 Å². The summed E-state index contributed by atoms with van der Waals surface area (Å²) in [5.74, 6) is -0.450. The lowest BCUT2D eigenvalue weighted by molar-refractivity contribution is -0.606. The lowest BCUT2D eigenvalue weighted by Crippen LogP contribution is -2.63. The van der Waals surface area contributed by atoms with Gasteiger partial charge in [0.1, 0.15) is 17.8 Å². The predicted molar refractivity (Wildman–Crippen MR) is 102 cm³/mol. The summed E-state index contributed by atoms with van der Waals surface area (Å²) >= 11 is 6.28. The van der Waals surface area contributed by atoms with Crippen LogP contribution in [0.5, 0.6) is 11.5 Å². The molecule has 1 saturated heterocycles. The molecule has 0 radical (unpaired) electrons. The summed E-state index contributed by atoms with van der Waals surface area (Å²) in [5.41, 5.74) is 0.424. The minimum atomic E-state index is -1.01. The molecule has 0 unspecified atom stereocenters. The molecule has 0 aliphatic carbocycles. The number of aliphatic carboxylic acids is 1. The van der Waals surface area contributed by atoms with Crippen molar-refractivity contribution >= 4 is 23.3 Å². The quantitative estimate of drug-likeness (QED) is 0.317. The number of methoxy groups -OCH3 is 1. The smallest absolute Gasteiger partial charge is 0.333 e. The second-order valence-electron chi connectivity index (χ2n) is 7.13. The van der Waals surface area contributed by atoms with E-state index in [-0.39, 0.29) is 35.2 Å². The van der Waals surface area contributed by atoms with Gasteiger partial charge in [-0.05, 0) is 17.7 Å². The molecule has 10 heteroatoms. The van der Waals surface area contributed by atoms with E-state index in [9.17, 15) is 15.1 Å². The predicted octanol–water partition coefficient (Wildman–Crippen LogP) is 1.57. The molecule has 29 heavy (non-hydrogen) atoms. The van der Waals surface area contributed by atoms with Crippen LogP contribution >= 0.6 is 11.6 Å². The van der Waals surface area contributed by atoms with Gasteiger partial charge in [0.15, 0.2) is 5.75 Å². The van der Waals surface area contributed by atoms with Crippen molar-refractivity contribution in [1.29, 1.82) is 0 Å². The average molecular weight is 425 g/mol. The number of hydrogen-bond acceptors (Lipinski definition) is 7. The molecule has 156 valence electrons. The Morgan fingerprint density at radius 1 is 1.41 bits per heavy atom. The van der Waals surface area contributed by atoms with Crippen molar-refractivity contribution in [3.05, 3.63) is 40.0 Å². The number of ether oxygens (including phenoxy) is 4. The third kappa shape index (κ3) is 3.39. The third-order valence-electron chi connectivity index (χ3n) is 5.16. The fraction of sp³-hybridized carbons (Fsp3) is 0.474. The second-order valence-corrected chi connectivity index (χ2v) is 7.49. The van der Waals surface area contributed by atoms with E-state index in [1.54, 1.807) is 30.4 Å². The Morgan fingerprint density at radius 3 is 2.86 bits per heavy atom. The SMILES string of the molecule is COCCCOc1cc2c([n+]([O-])c1Cl)C1=CCC(C(=O)O)=CN1C1(COC1)CO2. The Labute approximate surface area is 172 Å². The summed E-state index contributed by atoms with van der Waals surface area (Å²) in [6.45, 7) is 1.80. The van der Waals surface area contributed by atoms with Crippen LogP contribution in [0.2, 0.25) is 5.15 Å². The number of fused-ring (bicyclic) bond motifs is 4. The first-order valence-electron chi connectivity index (χ1n) is 9.19. The van der Waals surface area contributed by atoms with Gasteiger partial charge in [0, 0.05) is 38.8 Å². The van der Waals surface area contributed by atoms with Crippen molar-refractivity contribution in [2.45, 2.75) is 18.4 Å². The molecule has 0 bridgehead atoms. The molecule has 3 aliphatic heterocycles. The number of hydrogen-bond donors (Lipinski definition) is 1. The van der Waals surface area contributed by atoms with Gasteiger partial charge in [-0.2, -0.15) is 0 Å². The number of nitrogens with zero attached hydrogens (tertiary/aromatic N) is 2. The number of allylic oxidation sites excluding steroid dienone is 1. The van der Waals surface area contributed by atoms with Crippen LogP contribution in [0, 0.1) is 5.21 Å². The lowest BCUT2D eigenvalue weighted by atomic mass is 9.93. The first-order chi connectivity index (χ1) is 14.0. The van der Waals surface area contributed by atoms with Gasteiger partial charge in [-0.25, -0.2) is 4.79 Å². The van der Waals surface area contributed by atoms with Crippen LogP contribution in [0.3, 0.4) is 0 Å². The van der Waals surface area contributed by atoms with E-state index in [2.05, 4.69) is 0 Å². The molecular formula is C19H21ClN2O7. The number of rotatable bonds is 6. The monoisotopic (exact) mass is 424 g/mol. The fourth-order valence-corrected chi connectivity index (χ4v) is 3.74. The van der Waals surface area contributed by atoms with Crippen molar-refractivity contribution in [2.24, 2.45) is 0 Å². The summed E-state index contributed by atoms with van der Waals surface area (Å²) in [6, 6.07) is 1.60. The molecule has 1 spiro atoms. The second kappa shape index (κ2) is 7.74. The number of carbonyl (C=O) groups is 1. The summed E-state index contributed by atoms with van der Waals surface area (Å²) in [6.07, 6.45) is 4.10. The molecule has 3 aliphatic rings. The van der Waals surface area contributed by atoms with E-state index >= 15 is 0 Å². The van der Waals surface area contributed by atoms with Crippen molar-refractivity contribution in [3.8, 4) is 11.5 Å². The Kier molecular flexibility index (Phi) is 5.28. The molecule has 1 aromatic heterocycles. The maximum Gasteiger partial charge on any atom is 0.333 e. The first-order valence-corrected chi connectivity index (χ1v) is 9.57. The Balaban J connectivity index is 1.73. The molecule has 4 heterocycles. The molecular weight excluding hydrogens is 404 g/mol. The van der Waals surface area contributed by atoms with E-state index in [0.29, 0.717) is 49.0 Å². The minimum Gasteiger partial charge on any atom is -0.617 e. The fourth-order valence-electron chi connectivity index (χ4n) is 3.54. The van der Waals surface area contributed by atoms with Gasteiger partial charge in [-0.15, -0.1) is 4.73 Å². The van der Waals surface area contributed by atoms with Crippen LogP contribution in [0.15, 0.2) is 23.9 Å². The van der Waals surface area contributed by atoms with E-state index in [1.165, 1.54) is 0 Å². The zero-order chi connectivity index (χ0) is 20.6. The van der Waals surface area contributed by atoms with Gasteiger partial charge in [0.2, 0.25) is 5.75 Å². The van der Waals surface area contributed by atoms with E-state index in [1.807, 2.05) is 0 Å². The summed E-state index contributed by atoms with van der Waals surface area (Å²) in [4.78, 5) is 13.3. The number of pyridine rings is 1. The van der Waals surface area contributed by atoms with Crippen molar-refractivity contribution < 1.29 is 33.6 Å². The first kappa shape index (κ1) is 19.8. The maximum absolute atomic E-state index is 13.0. The number of halogens is 1. The van der Waals surface area contributed by atoms with Gasteiger partial charge >= 0.3 is 11.1 Å². The van der Waals surface area contributed by atoms with E-state index < -0.39 is 11.5 Å². The number of carboxylic acid groups (broad SMARTS) is 1. The average Bonchev–Trinajstić information content (AvgIpc) is 2.82. The molecule has 0 amide bonds. The number of aromatic nitrogens is 1.